The zero-order valence-electron chi connectivity index (χ0n) is 8.32. The molecule has 1 aliphatic carbocycles. The highest BCUT2D eigenvalue weighted by atomic mass is 19.1. The highest BCUT2D eigenvalue weighted by molar-refractivity contribution is 5.29. The maximum Gasteiger partial charge on any atom is 0.129 e. The molecule has 0 aliphatic heterocycles. The van der Waals surface area contributed by atoms with Gasteiger partial charge in [-0.2, -0.15) is 0 Å². The topological polar surface area (TPSA) is 0 Å². The fourth-order valence-electron chi connectivity index (χ4n) is 2.34. The second-order valence-electron chi connectivity index (χ2n) is 4.11. The van der Waals surface area contributed by atoms with Gasteiger partial charge in [0.1, 0.15) is 11.6 Å². The summed E-state index contributed by atoms with van der Waals surface area (Å²) < 4.78 is 26.2. The maximum absolute atomic E-state index is 13.5. The Hall–Kier alpha value is -0.920. The van der Waals surface area contributed by atoms with Crippen LogP contribution in [0.3, 0.4) is 0 Å². The van der Waals surface area contributed by atoms with E-state index < -0.39 is 5.82 Å². The number of halogens is 2. The number of rotatable bonds is 2. The Morgan fingerprint density at radius 3 is 2.43 bits per heavy atom. The lowest BCUT2D eigenvalue weighted by Gasteiger charge is -2.42. The lowest BCUT2D eigenvalue weighted by atomic mass is 9.63. The molecule has 0 atom stereocenters. The highest BCUT2D eigenvalue weighted by Crippen LogP contribution is 2.47. The molecule has 0 heterocycles. The molecule has 1 aromatic rings. The van der Waals surface area contributed by atoms with Gasteiger partial charge in [-0.3, -0.25) is 0 Å². The van der Waals surface area contributed by atoms with Gasteiger partial charge in [-0.15, -0.1) is 0 Å². The summed E-state index contributed by atoms with van der Waals surface area (Å²) in [6, 6.07) is 3.95. The van der Waals surface area contributed by atoms with Crippen molar-refractivity contribution in [2.75, 3.05) is 0 Å². The monoisotopic (exact) mass is 196 g/mol. The normalized spacial score (nSPS) is 19.1. The van der Waals surface area contributed by atoms with Crippen molar-refractivity contribution in [3.63, 3.8) is 0 Å². The molecule has 14 heavy (non-hydrogen) atoms. The van der Waals surface area contributed by atoms with Crippen LogP contribution >= 0.6 is 0 Å². The molecular weight excluding hydrogens is 182 g/mol. The van der Waals surface area contributed by atoms with E-state index in [9.17, 15) is 8.78 Å². The Morgan fingerprint density at radius 2 is 2.00 bits per heavy atom. The zero-order chi connectivity index (χ0) is 10.2. The van der Waals surface area contributed by atoms with Crippen molar-refractivity contribution in [2.45, 2.75) is 38.0 Å². The molecule has 1 aromatic carbocycles. The summed E-state index contributed by atoms with van der Waals surface area (Å²) in [4.78, 5) is 0. The summed E-state index contributed by atoms with van der Waals surface area (Å²) in [6.45, 7) is 2.07. The number of hydrogen-bond acceptors (Lipinski definition) is 0. The molecule has 0 N–H and O–H groups in total. The SMILES string of the molecule is CCC1(c2ccc(F)cc2F)CCC1. The second kappa shape index (κ2) is 3.34. The predicted octanol–water partition coefficient (Wildman–Crippen LogP) is 3.80. The van der Waals surface area contributed by atoms with Gasteiger partial charge in [-0.05, 0) is 36.3 Å². The average molecular weight is 196 g/mol. The second-order valence-corrected chi connectivity index (χ2v) is 4.11. The third kappa shape index (κ3) is 1.33. The summed E-state index contributed by atoms with van der Waals surface area (Å²) >= 11 is 0. The molecule has 1 aliphatic rings. The first-order chi connectivity index (χ1) is 6.68. The molecule has 0 amide bonds. The Kier molecular flexibility index (Phi) is 2.30. The Balaban J connectivity index is 2.40. The quantitative estimate of drug-likeness (QED) is 0.675. The smallest absolute Gasteiger partial charge is 0.129 e. The Bertz CT molecular complexity index is 335. The molecule has 2 rings (SSSR count). The number of hydrogen-bond donors (Lipinski definition) is 0. The van der Waals surface area contributed by atoms with Crippen molar-refractivity contribution < 1.29 is 8.78 Å². The zero-order valence-corrected chi connectivity index (χ0v) is 8.32. The van der Waals surface area contributed by atoms with Gasteiger partial charge in [0.15, 0.2) is 0 Å². The van der Waals surface area contributed by atoms with Crippen LogP contribution in [0.4, 0.5) is 8.78 Å². The molecule has 76 valence electrons. The molecule has 0 bridgehead atoms. The van der Waals surface area contributed by atoms with Gasteiger partial charge in [0.2, 0.25) is 0 Å². The molecular formula is C12H14F2. The van der Waals surface area contributed by atoms with Crippen molar-refractivity contribution in [1.29, 1.82) is 0 Å². The van der Waals surface area contributed by atoms with Gasteiger partial charge in [0.25, 0.3) is 0 Å². The van der Waals surface area contributed by atoms with E-state index in [1.54, 1.807) is 6.07 Å². The summed E-state index contributed by atoms with van der Waals surface area (Å²) in [6.07, 6.45) is 4.16. The van der Waals surface area contributed by atoms with E-state index in [0.29, 0.717) is 5.56 Å². The van der Waals surface area contributed by atoms with Gasteiger partial charge < -0.3 is 0 Å². The van der Waals surface area contributed by atoms with E-state index >= 15 is 0 Å². The number of benzene rings is 1. The van der Waals surface area contributed by atoms with Crippen molar-refractivity contribution in [1.82, 2.24) is 0 Å². The summed E-state index contributed by atoms with van der Waals surface area (Å²) in [5, 5.41) is 0. The van der Waals surface area contributed by atoms with Crippen LogP contribution in [-0.2, 0) is 5.41 Å². The Labute approximate surface area is 82.9 Å². The van der Waals surface area contributed by atoms with Crippen LogP contribution in [0.5, 0.6) is 0 Å². The van der Waals surface area contributed by atoms with Gasteiger partial charge in [-0.25, -0.2) is 8.78 Å². The maximum atomic E-state index is 13.5. The van der Waals surface area contributed by atoms with E-state index in [0.717, 1.165) is 31.7 Å². The van der Waals surface area contributed by atoms with Crippen molar-refractivity contribution >= 4 is 0 Å². The van der Waals surface area contributed by atoms with Crippen LogP contribution in [0.25, 0.3) is 0 Å². The minimum atomic E-state index is -0.489. The van der Waals surface area contributed by atoms with Crippen LogP contribution in [-0.4, -0.2) is 0 Å². The average Bonchev–Trinajstić information content (AvgIpc) is 2.07. The first-order valence-electron chi connectivity index (χ1n) is 5.13. The van der Waals surface area contributed by atoms with Gasteiger partial charge in [0.05, 0.1) is 0 Å². The van der Waals surface area contributed by atoms with Crippen LogP contribution in [0.2, 0.25) is 0 Å². The highest BCUT2D eigenvalue weighted by Gasteiger charge is 2.38. The third-order valence-electron chi connectivity index (χ3n) is 3.49. The minimum absolute atomic E-state index is 0.00220. The minimum Gasteiger partial charge on any atom is -0.207 e. The van der Waals surface area contributed by atoms with Gasteiger partial charge in [0, 0.05) is 6.07 Å². The lowest BCUT2D eigenvalue weighted by molar-refractivity contribution is 0.226. The van der Waals surface area contributed by atoms with E-state index in [1.807, 2.05) is 0 Å². The van der Waals surface area contributed by atoms with Gasteiger partial charge in [-0.1, -0.05) is 19.4 Å². The first kappa shape index (κ1) is 9.63. The molecule has 0 aromatic heterocycles. The summed E-state index contributed by atoms with van der Waals surface area (Å²) in [5.41, 5.74) is 0.699. The van der Waals surface area contributed by atoms with E-state index in [-0.39, 0.29) is 11.2 Å². The van der Waals surface area contributed by atoms with Crippen LogP contribution in [0, 0.1) is 11.6 Å². The van der Waals surface area contributed by atoms with Crippen molar-refractivity contribution in [2.24, 2.45) is 0 Å². The molecule has 0 saturated heterocycles. The third-order valence-corrected chi connectivity index (χ3v) is 3.49. The van der Waals surface area contributed by atoms with E-state index in [2.05, 4.69) is 6.92 Å². The molecule has 0 radical (unpaired) electrons. The Morgan fingerprint density at radius 1 is 1.29 bits per heavy atom. The summed E-state index contributed by atoms with van der Waals surface area (Å²) in [7, 11) is 0. The van der Waals surface area contributed by atoms with E-state index in [1.165, 1.54) is 6.07 Å². The van der Waals surface area contributed by atoms with Crippen LogP contribution in [0.15, 0.2) is 18.2 Å². The fourth-order valence-corrected chi connectivity index (χ4v) is 2.34. The molecule has 1 fully saturated rings. The van der Waals surface area contributed by atoms with Crippen LogP contribution < -0.4 is 0 Å². The molecule has 0 nitrogen and oxygen atoms in total. The standard InChI is InChI=1S/C12H14F2/c1-2-12(6-3-7-12)10-5-4-9(13)8-11(10)14/h4-5,8H,2-3,6-7H2,1H3. The van der Waals surface area contributed by atoms with Crippen molar-refractivity contribution in [3.8, 4) is 0 Å². The molecule has 2 heteroatoms. The van der Waals surface area contributed by atoms with Crippen LogP contribution in [0.1, 0.15) is 38.2 Å². The molecule has 1 saturated carbocycles. The predicted molar refractivity (Wildman–Crippen MR) is 52.2 cm³/mol. The van der Waals surface area contributed by atoms with E-state index in [4.69, 9.17) is 0 Å². The van der Waals surface area contributed by atoms with Gasteiger partial charge >= 0.3 is 0 Å². The largest absolute Gasteiger partial charge is 0.207 e. The fraction of sp³-hybridized carbons (Fsp3) is 0.500. The molecule has 0 spiro atoms. The summed E-state index contributed by atoms with van der Waals surface area (Å²) in [5.74, 6) is -0.872. The molecule has 0 unspecified atom stereocenters. The first-order valence-corrected chi connectivity index (χ1v) is 5.13. The lowest BCUT2D eigenvalue weighted by Crippen LogP contribution is -2.34. The van der Waals surface area contributed by atoms with Crippen molar-refractivity contribution in [3.05, 3.63) is 35.4 Å².